The fraction of sp³-hybridized carbons (Fsp3) is 0.278. The highest BCUT2D eigenvalue weighted by molar-refractivity contribution is 7.91. The second-order valence-electron chi connectivity index (χ2n) is 6.71. The molecule has 9 nitrogen and oxygen atoms in total. The highest BCUT2D eigenvalue weighted by Crippen LogP contribution is 2.36. The lowest BCUT2D eigenvalue weighted by Crippen LogP contribution is -2.26. The molecule has 0 aromatic carbocycles. The summed E-state index contributed by atoms with van der Waals surface area (Å²) in [7, 11) is -2.43. The summed E-state index contributed by atoms with van der Waals surface area (Å²) in [6.45, 7) is 1.22. The van der Waals surface area contributed by atoms with E-state index in [1.807, 2.05) is 0 Å². The summed E-state index contributed by atoms with van der Waals surface area (Å²) in [5.41, 5.74) is -1.22. The van der Waals surface area contributed by atoms with Gasteiger partial charge in [-0.2, -0.15) is 13.2 Å². The number of imidazole rings is 1. The number of carbonyl (C=O) groups is 1. The topological polar surface area (TPSA) is 111 Å². The van der Waals surface area contributed by atoms with Crippen LogP contribution in [0.1, 0.15) is 28.5 Å². The van der Waals surface area contributed by atoms with Gasteiger partial charge in [-0.1, -0.05) is 6.92 Å². The minimum Gasteiger partial charge on any atom is -0.314 e. The summed E-state index contributed by atoms with van der Waals surface area (Å²) in [6.07, 6.45) is -1.13. The van der Waals surface area contributed by atoms with Crippen molar-refractivity contribution < 1.29 is 26.4 Å². The number of halogens is 3. The van der Waals surface area contributed by atoms with E-state index < -0.39 is 27.5 Å². The number of fused-ring (bicyclic) bond motifs is 1. The molecule has 1 aliphatic rings. The number of carbonyl (C=O) groups excluding carboxylic acids is 1. The van der Waals surface area contributed by atoms with Crippen LogP contribution in [0.2, 0.25) is 0 Å². The zero-order chi connectivity index (χ0) is 22.6. The molecule has 162 valence electrons. The first-order chi connectivity index (χ1) is 14.5. The van der Waals surface area contributed by atoms with Gasteiger partial charge < -0.3 is 4.57 Å². The first-order valence-corrected chi connectivity index (χ1v) is 10.6. The Bertz CT molecular complexity index is 1290. The molecule has 0 aliphatic carbocycles. The Morgan fingerprint density at radius 1 is 1.16 bits per heavy atom. The van der Waals surface area contributed by atoms with E-state index in [4.69, 9.17) is 0 Å². The van der Waals surface area contributed by atoms with Gasteiger partial charge in [0.05, 0.1) is 29.1 Å². The number of rotatable bonds is 4. The second kappa shape index (κ2) is 7.11. The summed E-state index contributed by atoms with van der Waals surface area (Å²) >= 11 is 0. The molecule has 4 rings (SSSR count). The molecular formula is C18H15F3N6O3S. The van der Waals surface area contributed by atoms with Crippen molar-refractivity contribution in [1.29, 1.82) is 0 Å². The van der Waals surface area contributed by atoms with Crippen LogP contribution >= 0.6 is 0 Å². The molecule has 31 heavy (non-hydrogen) atoms. The van der Waals surface area contributed by atoms with Gasteiger partial charge in [0.2, 0.25) is 0 Å². The molecule has 1 aliphatic heterocycles. The van der Waals surface area contributed by atoms with Crippen molar-refractivity contribution in [3.63, 3.8) is 0 Å². The third kappa shape index (κ3) is 3.44. The Kier molecular flexibility index (Phi) is 4.80. The van der Waals surface area contributed by atoms with E-state index in [1.165, 1.54) is 30.9 Å². The fourth-order valence-electron chi connectivity index (χ4n) is 3.24. The van der Waals surface area contributed by atoms with Gasteiger partial charge in [-0.05, 0) is 12.1 Å². The standard InChI is InChI=1S/C18H15F3N6O3S/c1-3-31(29,30)17-15(25-14(26(17)2)13-22-5-4-6-23-13)27-9-12-11(16(27)28)7-10(8-24-12)18(19,20)21/h4-8H,3,9H2,1-2H3. The lowest BCUT2D eigenvalue weighted by Gasteiger charge is -2.15. The zero-order valence-electron chi connectivity index (χ0n) is 16.3. The van der Waals surface area contributed by atoms with Gasteiger partial charge in [-0.15, -0.1) is 0 Å². The predicted octanol–water partition coefficient (Wildman–Crippen LogP) is 2.24. The Hall–Kier alpha value is -3.35. The molecule has 13 heteroatoms. The molecule has 0 radical (unpaired) electrons. The smallest absolute Gasteiger partial charge is 0.314 e. The van der Waals surface area contributed by atoms with Crippen LogP contribution in [0.5, 0.6) is 0 Å². The minimum atomic E-state index is -4.67. The molecule has 0 saturated carbocycles. The molecule has 1 amide bonds. The van der Waals surface area contributed by atoms with Gasteiger partial charge in [0, 0.05) is 25.6 Å². The maximum absolute atomic E-state index is 13.0. The van der Waals surface area contributed by atoms with Gasteiger partial charge in [0.15, 0.2) is 32.3 Å². The summed E-state index contributed by atoms with van der Waals surface area (Å²) in [5, 5.41) is -0.255. The molecule has 0 spiro atoms. The number of nitrogens with zero attached hydrogens (tertiary/aromatic N) is 6. The van der Waals surface area contributed by atoms with Crippen molar-refractivity contribution >= 4 is 21.6 Å². The molecule has 0 saturated heterocycles. The van der Waals surface area contributed by atoms with Gasteiger partial charge in [-0.25, -0.2) is 23.4 Å². The number of hydrogen-bond donors (Lipinski definition) is 0. The highest BCUT2D eigenvalue weighted by Gasteiger charge is 2.40. The van der Waals surface area contributed by atoms with Gasteiger partial charge in [0.1, 0.15) is 0 Å². The molecule has 0 unspecified atom stereocenters. The molecule has 0 bridgehead atoms. The third-order valence-corrected chi connectivity index (χ3v) is 6.61. The quantitative estimate of drug-likeness (QED) is 0.597. The molecular weight excluding hydrogens is 437 g/mol. The Morgan fingerprint density at radius 2 is 1.84 bits per heavy atom. The van der Waals surface area contributed by atoms with E-state index in [0.717, 1.165) is 4.90 Å². The Labute approximate surface area is 174 Å². The number of alkyl halides is 3. The van der Waals surface area contributed by atoms with Crippen LogP contribution in [0.25, 0.3) is 11.6 Å². The van der Waals surface area contributed by atoms with E-state index in [0.29, 0.717) is 12.3 Å². The maximum Gasteiger partial charge on any atom is 0.417 e. The van der Waals surface area contributed by atoms with Crippen LogP contribution in [-0.2, 0) is 29.6 Å². The number of sulfone groups is 1. The third-order valence-electron chi connectivity index (χ3n) is 4.80. The van der Waals surface area contributed by atoms with Crippen LogP contribution in [0.15, 0.2) is 35.7 Å². The summed E-state index contributed by atoms with van der Waals surface area (Å²) in [5.74, 6) is -1.08. The van der Waals surface area contributed by atoms with Crippen LogP contribution in [-0.4, -0.2) is 44.6 Å². The molecule has 3 aromatic heterocycles. The van der Waals surface area contributed by atoms with Crippen molar-refractivity contribution in [2.45, 2.75) is 24.7 Å². The number of anilines is 1. The summed E-state index contributed by atoms with van der Waals surface area (Å²) in [4.78, 5) is 30.1. The summed E-state index contributed by atoms with van der Waals surface area (Å²) < 4.78 is 66.0. The van der Waals surface area contributed by atoms with E-state index in [1.54, 1.807) is 6.07 Å². The summed E-state index contributed by atoms with van der Waals surface area (Å²) in [6, 6.07) is 2.28. The number of hydrogen-bond acceptors (Lipinski definition) is 7. The molecule has 3 aromatic rings. The van der Waals surface area contributed by atoms with Crippen molar-refractivity contribution in [1.82, 2.24) is 24.5 Å². The number of amides is 1. The van der Waals surface area contributed by atoms with Gasteiger partial charge >= 0.3 is 6.18 Å². The average molecular weight is 452 g/mol. The van der Waals surface area contributed by atoms with E-state index in [2.05, 4.69) is 19.9 Å². The predicted molar refractivity (Wildman–Crippen MR) is 102 cm³/mol. The largest absolute Gasteiger partial charge is 0.417 e. The van der Waals surface area contributed by atoms with Crippen molar-refractivity contribution in [2.24, 2.45) is 7.05 Å². The Balaban J connectivity index is 1.87. The van der Waals surface area contributed by atoms with E-state index in [9.17, 15) is 26.4 Å². The highest BCUT2D eigenvalue weighted by atomic mass is 32.2. The molecule has 0 fully saturated rings. The van der Waals surface area contributed by atoms with Crippen molar-refractivity contribution in [3.05, 3.63) is 47.5 Å². The maximum atomic E-state index is 13.0. The van der Waals surface area contributed by atoms with Crippen molar-refractivity contribution in [3.8, 4) is 11.6 Å². The minimum absolute atomic E-state index is 0.0929. The molecule has 4 heterocycles. The average Bonchev–Trinajstić information content (AvgIpc) is 3.25. The van der Waals surface area contributed by atoms with Crippen LogP contribution in [0.3, 0.4) is 0 Å². The van der Waals surface area contributed by atoms with Gasteiger partial charge in [0.25, 0.3) is 5.91 Å². The lowest BCUT2D eigenvalue weighted by atomic mass is 10.1. The lowest BCUT2D eigenvalue weighted by molar-refractivity contribution is -0.137. The normalized spacial score (nSPS) is 14.2. The van der Waals surface area contributed by atoms with Crippen LogP contribution in [0.4, 0.5) is 19.0 Å². The van der Waals surface area contributed by atoms with Gasteiger partial charge in [-0.3, -0.25) is 14.7 Å². The van der Waals surface area contributed by atoms with Crippen LogP contribution < -0.4 is 4.90 Å². The van der Waals surface area contributed by atoms with E-state index >= 15 is 0 Å². The zero-order valence-corrected chi connectivity index (χ0v) is 17.1. The molecule has 0 atom stereocenters. The first kappa shape index (κ1) is 20.9. The monoisotopic (exact) mass is 452 g/mol. The fourth-order valence-corrected chi connectivity index (χ4v) is 4.45. The van der Waals surface area contributed by atoms with Crippen molar-refractivity contribution in [2.75, 3.05) is 10.7 Å². The molecule has 0 N–H and O–H groups in total. The second-order valence-corrected chi connectivity index (χ2v) is 8.90. The Morgan fingerprint density at radius 3 is 2.45 bits per heavy atom. The number of aromatic nitrogens is 5. The first-order valence-electron chi connectivity index (χ1n) is 8.99. The van der Waals surface area contributed by atoms with Crippen LogP contribution in [0, 0.1) is 0 Å². The SMILES string of the molecule is CCS(=O)(=O)c1c(N2Cc3ncc(C(F)(F)F)cc3C2=O)nc(-c2ncccn2)n1C. The van der Waals surface area contributed by atoms with E-state index in [-0.39, 0.29) is 46.0 Å². The number of pyridine rings is 1.